The van der Waals surface area contributed by atoms with Gasteiger partial charge < -0.3 is 10.1 Å². The number of H-pyrrole nitrogens is 1. The first kappa shape index (κ1) is 10.4. The van der Waals surface area contributed by atoms with Gasteiger partial charge in [-0.25, -0.2) is 9.78 Å². The molecular weight excluding hydrogens is 204 g/mol. The van der Waals surface area contributed by atoms with E-state index in [4.69, 9.17) is 5.11 Å². The summed E-state index contributed by atoms with van der Waals surface area (Å²) in [6.45, 7) is 4.03. The van der Waals surface area contributed by atoms with Crippen LogP contribution in [-0.2, 0) is 4.79 Å². The Morgan fingerprint density at radius 3 is 2.88 bits per heavy atom. The molecule has 0 aliphatic rings. The number of aryl methyl sites for hydroxylation is 2. The Balaban J connectivity index is 2.52. The van der Waals surface area contributed by atoms with Gasteiger partial charge in [-0.3, -0.25) is 0 Å². The quantitative estimate of drug-likeness (QED) is 0.757. The van der Waals surface area contributed by atoms with Gasteiger partial charge in [0.05, 0.1) is 11.0 Å². The molecule has 0 fully saturated rings. The van der Waals surface area contributed by atoms with Gasteiger partial charge in [-0.05, 0) is 37.1 Å². The number of imidazole rings is 1. The molecule has 1 aromatic heterocycles. The Bertz CT molecular complexity index is 582. The Hall–Kier alpha value is -2.10. The molecule has 0 amide bonds. The third kappa shape index (κ3) is 1.82. The lowest BCUT2D eigenvalue weighted by Gasteiger charge is -1.98. The zero-order valence-corrected chi connectivity index (χ0v) is 9.11. The average Bonchev–Trinajstić information content (AvgIpc) is 2.64. The summed E-state index contributed by atoms with van der Waals surface area (Å²) in [5, 5.41) is 8.52. The van der Waals surface area contributed by atoms with Crippen molar-refractivity contribution in [3.63, 3.8) is 0 Å². The van der Waals surface area contributed by atoms with Gasteiger partial charge in [-0.1, -0.05) is 6.07 Å². The fourth-order valence-corrected chi connectivity index (χ4v) is 1.56. The van der Waals surface area contributed by atoms with Gasteiger partial charge in [0.2, 0.25) is 0 Å². The summed E-state index contributed by atoms with van der Waals surface area (Å²) in [5.74, 6) is -0.417. The minimum absolute atomic E-state index is 0.561. The summed E-state index contributed by atoms with van der Waals surface area (Å²) in [7, 11) is 0. The molecule has 0 atom stereocenters. The van der Waals surface area contributed by atoms with Crippen LogP contribution in [-0.4, -0.2) is 21.0 Å². The Morgan fingerprint density at radius 1 is 1.44 bits per heavy atom. The number of hydrogen-bond acceptors (Lipinski definition) is 2. The average molecular weight is 216 g/mol. The third-order valence-electron chi connectivity index (χ3n) is 2.58. The molecule has 1 heterocycles. The molecule has 0 saturated carbocycles. The second-order valence-corrected chi connectivity index (χ2v) is 3.70. The van der Waals surface area contributed by atoms with Gasteiger partial charge >= 0.3 is 5.97 Å². The first-order chi connectivity index (χ1) is 7.58. The standard InChI is InChI=1S/C12H12N2O2/c1-7-3-4-9-12(8(7)2)14-10(13-9)5-6-11(15)16/h3-6H,1-2H3,(H,13,14)(H,15,16)/b6-5+. The second kappa shape index (κ2) is 3.81. The Kier molecular flexibility index (Phi) is 2.48. The monoisotopic (exact) mass is 216 g/mol. The van der Waals surface area contributed by atoms with Crippen LogP contribution in [0, 0.1) is 13.8 Å². The maximum atomic E-state index is 10.4. The van der Waals surface area contributed by atoms with E-state index in [1.54, 1.807) is 0 Å². The SMILES string of the molecule is Cc1ccc2[nH]c(/C=C/C(=O)O)nc2c1C. The molecule has 4 heteroatoms. The maximum Gasteiger partial charge on any atom is 0.328 e. The first-order valence-electron chi connectivity index (χ1n) is 4.95. The highest BCUT2D eigenvalue weighted by atomic mass is 16.4. The number of hydrogen-bond donors (Lipinski definition) is 2. The molecule has 16 heavy (non-hydrogen) atoms. The van der Waals surface area contributed by atoms with Crippen molar-refractivity contribution in [2.45, 2.75) is 13.8 Å². The molecule has 2 N–H and O–H groups in total. The predicted octanol–water partition coefficient (Wildman–Crippen LogP) is 2.28. The molecular formula is C12H12N2O2. The minimum Gasteiger partial charge on any atom is -0.478 e. The number of carboxylic acids is 1. The number of aromatic nitrogens is 2. The summed E-state index contributed by atoms with van der Waals surface area (Å²) in [6.07, 6.45) is 2.52. The van der Waals surface area contributed by atoms with Crippen LogP contribution in [0.3, 0.4) is 0 Å². The number of carboxylic acid groups (broad SMARTS) is 1. The molecule has 0 saturated heterocycles. The van der Waals surface area contributed by atoms with Gasteiger partial charge in [0, 0.05) is 6.08 Å². The first-order valence-corrected chi connectivity index (χ1v) is 4.95. The summed E-state index contributed by atoms with van der Waals surface area (Å²) >= 11 is 0. The van der Waals surface area contributed by atoms with Crippen molar-refractivity contribution in [3.05, 3.63) is 35.2 Å². The molecule has 0 bridgehead atoms. The predicted molar refractivity (Wildman–Crippen MR) is 62.2 cm³/mol. The normalized spacial score (nSPS) is 11.4. The Labute approximate surface area is 92.6 Å². The van der Waals surface area contributed by atoms with Gasteiger partial charge in [-0.2, -0.15) is 0 Å². The van der Waals surface area contributed by atoms with E-state index < -0.39 is 5.97 Å². The number of carbonyl (C=O) groups is 1. The summed E-state index contributed by atoms with van der Waals surface area (Å²) in [5.41, 5.74) is 4.11. The lowest BCUT2D eigenvalue weighted by Crippen LogP contribution is -1.86. The van der Waals surface area contributed by atoms with Gasteiger partial charge in [0.1, 0.15) is 5.82 Å². The molecule has 0 aliphatic heterocycles. The summed E-state index contributed by atoms with van der Waals surface area (Å²) in [6, 6.07) is 3.96. The number of aliphatic carboxylic acids is 1. The maximum absolute atomic E-state index is 10.4. The highest BCUT2D eigenvalue weighted by Crippen LogP contribution is 2.19. The molecule has 0 radical (unpaired) electrons. The van der Waals surface area contributed by atoms with Crippen LogP contribution in [0.15, 0.2) is 18.2 Å². The third-order valence-corrected chi connectivity index (χ3v) is 2.58. The topological polar surface area (TPSA) is 66.0 Å². The van der Waals surface area contributed by atoms with Crippen LogP contribution in [0.1, 0.15) is 17.0 Å². The van der Waals surface area contributed by atoms with E-state index in [0.717, 1.165) is 22.7 Å². The zero-order valence-electron chi connectivity index (χ0n) is 9.11. The van der Waals surface area contributed by atoms with Crippen LogP contribution in [0.25, 0.3) is 17.1 Å². The number of rotatable bonds is 2. The van der Waals surface area contributed by atoms with Gasteiger partial charge in [-0.15, -0.1) is 0 Å². The van der Waals surface area contributed by atoms with E-state index >= 15 is 0 Å². The number of nitrogens with one attached hydrogen (secondary N) is 1. The van der Waals surface area contributed by atoms with Gasteiger partial charge in [0.15, 0.2) is 0 Å². The molecule has 82 valence electrons. The van der Waals surface area contributed by atoms with E-state index in [2.05, 4.69) is 9.97 Å². The van der Waals surface area contributed by atoms with Crippen LogP contribution >= 0.6 is 0 Å². The number of nitrogens with zero attached hydrogens (tertiary/aromatic N) is 1. The molecule has 2 aromatic rings. The molecule has 2 rings (SSSR count). The highest BCUT2D eigenvalue weighted by Gasteiger charge is 2.05. The second-order valence-electron chi connectivity index (χ2n) is 3.70. The molecule has 1 aromatic carbocycles. The molecule has 0 unspecified atom stereocenters. The van der Waals surface area contributed by atoms with Crippen LogP contribution in [0.5, 0.6) is 0 Å². The smallest absolute Gasteiger partial charge is 0.328 e. The van der Waals surface area contributed by atoms with Crippen molar-refractivity contribution in [3.8, 4) is 0 Å². The summed E-state index contributed by atoms with van der Waals surface area (Å²) in [4.78, 5) is 17.8. The fraction of sp³-hybridized carbons (Fsp3) is 0.167. The van der Waals surface area contributed by atoms with Crippen molar-refractivity contribution in [1.29, 1.82) is 0 Å². The van der Waals surface area contributed by atoms with Crippen molar-refractivity contribution in [1.82, 2.24) is 9.97 Å². The van der Waals surface area contributed by atoms with E-state index in [0.29, 0.717) is 5.82 Å². The largest absolute Gasteiger partial charge is 0.478 e. The van der Waals surface area contributed by atoms with Gasteiger partial charge in [0.25, 0.3) is 0 Å². The lowest BCUT2D eigenvalue weighted by molar-refractivity contribution is -0.131. The van der Waals surface area contributed by atoms with E-state index in [1.165, 1.54) is 11.6 Å². The van der Waals surface area contributed by atoms with E-state index in [-0.39, 0.29) is 0 Å². The minimum atomic E-state index is -0.978. The van der Waals surface area contributed by atoms with Crippen molar-refractivity contribution in [2.75, 3.05) is 0 Å². The van der Waals surface area contributed by atoms with Crippen molar-refractivity contribution in [2.24, 2.45) is 0 Å². The fourth-order valence-electron chi connectivity index (χ4n) is 1.56. The van der Waals surface area contributed by atoms with Crippen molar-refractivity contribution >= 4 is 23.1 Å². The van der Waals surface area contributed by atoms with E-state index in [1.807, 2.05) is 26.0 Å². The van der Waals surface area contributed by atoms with E-state index in [9.17, 15) is 4.79 Å². The van der Waals surface area contributed by atoms with Crippen molar-refractivity contribution < 1.29 is 9.90 Å². The number of fused-ring (bicyclic) bond motifs is 1. The molecule has 0 aliphatic carbocycles. The molecule has 4 nitrogen and oxygen atoms in total. The van der Waals surface area contributed by atoms with Crippen LogP contribution < -0.4 is 0 Å². The van der Waals surface area contributed by atoms with Crippen LogP contribution in [0.2, 0.25) is 0 Å². The Morgan fingerprint density at radius 2 is 2.19 bits per heavy atom. The number of aromatic amines is 1. The van der Waals surface area contributed by atoms with Crippen LogP contribution in [0.4, 0.5) is 0 Å². The summed E-state index contributed by atoms with van der Waals surface area (Å²) < 4.78 is 0. The molecule has 0 spiro atoms. The number of benzene rings is 1. The highest BCUT2D eigenvalue weighted by molar-refractivity contribution is 5.86. The zero-order chi connectivity index (χ0) is 11.7. The lowest BCUT2D eigenvalue weighted by atomic mass is 10.1.